The Hall–Kier alpha value is -1.25. The quantitative estimate of drug-likeness (QED) is 0.861. The number of aryl methyl sites for hydroxylation is 2. The van der Waals surface area contributed by atoms with Crippen molar-refractivity contribution in [2.75, 3.05) is 6.54 Å². The predicted molar refractivity (Wildman–Crippen MR) is 79.8 cm³/mol. The lowest BCUT2D eigenvalue weighted by atomic mass is 10.0. The normalized spacial score (nSPS) is 12.6. The molecule has 0 saturated heterocycles. The molecule has 3 heteroatoms. The molecule has 0 aliphatic carbocycles. The lowest BCUT2D eigenvalue weighted by Gasteiger charge is -2.19. The fourth-order valence-corrected chi connectivity index (χ4v) is 2.39. The standard InChI is InChI=1S/C16H20ClNO/c1-4-10-18-16(14-9-8-12(3)19-14)13-7-5-6-11(2)15(13)17/h5-9,16,18H,4,10H2,1-3H3. The van der Waals surface area contributed by atoms with Gasteiger partial charge in [0.05, 0.1) is 6.04 Å². The summed E-state index contributed by atoms with van der Waals surface area (Å²) in [7, 11) is 0. The first kappa shape index (κ1) is 14.2. The fraction of sp³-hybridized carbons (Fsp3) is 0.375. The molecular formula is C16H20ClNO. The van der Waals surface area contributed by atoms with Gasteiger partial charge in [-0.2, -0.15) is 0 Å². The zero-order chi connectivity index (χ0) is 13.8. The van der Waals surface area contributed by atoms with E-state index in [0.717, 1.165) is 40.6 Å². The van der Waals surface area contributed by atoms with Crippen LogP contribution in [0.1, 0.15) is 42.0 Å². The minimum Gasteiger partial charge on any atom is -0.464 e. The average molecular weight is 278 g/mol. The van der Waals surface area contributed by atoms with Crippen molar-refractivity contribution in [2.45, 2.75) is 33.2 Å². The Morgan fingerprint density at radius 1 is 1.21 bits per heavy atom. The first-order valence-electron chi connectivity index (χ1n) is 6.68. The molecule has 0 fully saturated rings. The zero-order valence-corrected chi connectivity index (χ0v) is 12.4. The summed E-state index contributed by atoms with van der Waals surface area (Å²) in [6.45, 7) is 7.05. The molecule has 1 atom stereocenters. The molecule has 2 rings (SSSR count). The van der Waals surface area contributed by atoms with Crippen molar-refractivity contribution in [3.8, 4) is 0 Å². The highest BCUT2D eigenvalue weighted by atomic mass is 35.5. The smallest absolute Gasteiger partial charge is 0.125 e. The van der Waals surface area contributed by atoms with Crippen LogP contribution in [0.3, 0.4) is 0 Å². The first-order valence-corrected chi connectivity index (χ1v) is 7.06. The fourth-order valence-electron chi connectivity index (χ4n) is 2.15. The van der Waals surface area contributed by atoms with Crippen LogP contribution in [0.4, 0.5) is 0 Å². The van der Waals surface area contributed by atoms with Crippen LogP contribution < -0.4 is 5.32 Å². The Bertz CT molecular complexity index is 547. The van der Waals surface area contributed by atoms with Crippen LogP contribution in [0.15, 0.2) is 34.7 Å². The third-order valence-electron chi connectivity index (χ3n) is 3.18. The van der Waals surface area contributed by atoms with E-state index in [2.05, 4.69) is 18.3 Å². The van der Waals surface area contributed by atoms with Gasteiger partial charge in [-0.25, -0.2) is 0 Å². The number of benzene rings is 1. The minimum absolute atomic E-state index is 0.0149. The Kier molecular flexibility index (Phi) is 4.67. The summed E-state index contributed by atoms with van der Waals surface area (Å²) in [6.07, 6.45) is 1.07. The highest BCUT2D eigenvalue weighted by Crippen LogP contribution is 2.31. The second kappa shape index (κ2) is 6.27. The van der Waals surface area contributed by atoms with Crippen LogP contribution in [0.2, 0.25) is 5.02 Å². The molecule has 0 aliphatic heterocycles. The summed E-state index contributed by atoms with van der Waals surface area (Å²) in [5, 5.41) is 4.32. The third kappa shape index (κ3) is 3.20. The molecule has 19 heavy (non-hydrogen) atoms. The van der Waals surface area contributed by atoms with Gasteiger partial charge >= 0.3 is 0 Å². The van der Waals surface area contributed by atoms with Crippen molar-refractivity contribution in [1.29, 1.82) is 0 Å². The SMILES string of the molecule is CCCNC(c1ccc(C)o1)c1cccc(C)c1Cl. The monoisotopic (exact) mass is 277 g/mol. The number of hydrogen-bond donors (Lipinski definition) is 1. The maximum absolute atomic E-state index is 6.44. The maximum Gasteiger partial charge on any atom is 0.125 e. The van der Waals surface area contributed by atoms with E-state index < -0.39 is 0 Å². The lowest BCUT2D eigenvalue weighted by Crippen LogP contribution is -2.23. The molecule has 102 valence electrons. The van der Waals surface area contributed by atoms with Crippen LogP contribution in [-0.2, 0) is 0 Å². The second-order valence-corrected chi connectivity index (χ2v) is 5.19. The van der Waals surface area contributed by atoms with Crippen LogP contribution in [0, 0.1) is 13.8 Å². The second-order valence-electron chi connectivity index (χ2n) is 4.81. The summed E-state index contributed by atoms with van der Waals surface area (Å²) in [5.41, 5.74) is 2.16. The topological polar surface area (TPSA) is 25.2 Å². The summed E-state index contributed by atoms with van der Waals surface area (Å²) in [4.78, 5) is 0. The molecule has 0 aliphatic rings. The van der Waals surface area contributed by atoms with Gasteiger partial charge in [-0.1, -0.05) is 36.7 Å². The van der Waals surface area contributed by atoms with E-state index in [1.54, 1.807) is 0 Å². The third-order valence-corrected chi connectivity index (χ3v) is 3.69. The van der Waals surface area contributed by atoms with E-state index in [0.29, 0.717) is 0 Å². The van der Waals surface area contributed by atoms with Gasteiger partial charge in [0.2, 0.25) is 0 Å². The van der Waals surface area contributed by atoms with Crippen molar-refractivity contribution in [3.63, 3.8) is 0 Å². The van der Waals surface area contributed by atoms with Crippen molar-refractivity contribution < 1.29 is 4.42 Å². The Morgan fingerprint density at radius 3 is 2.63 bits per heavy atom. The summed E-state index contributed by atoms with van der Waals surface area (Å²) in [6, 6.07) is 10.1. The van der Waals surface area contributed by atoms with Crippen LogP contribution in [-0.4, -0.2) is 6.54 Å². The van der Waals surface area contributed by atoms with Crippen LogP contribution >= 0.6 is 11.6 Å². The molecule has 0 saturated carbocycles. The average Bonchev–Trinajstić information content (AvgIpc) is 2.81. The zero-order valence-electron chi connectivity index (χ0n) is 11.7. The molecule has 1 aromatic heterocycles. The van der Waals surface area contributed by atoms with Gasteiger partial charge in [0, 0.05) is 5.02 Å². The molecule has 0 bridgehead atoms. The molecule has 0 radical (unpaired) electrons. The highest BCUT2D eigenvalue weighted by Gasteiger charge is 2.20. The van der Waals surface area contributed by atoms with E-state index in [1.165, 1.54) is 0 Å². The van der Waals surface area contributed by atoms with Gasteiger partial charge in [-0.15, -0.1) is 0 Å². The Labute approximate surface area is 119 Å². The molecule has 1 N–H and O–H groups in total. The highest BCUT2D eigenvalue weighted by molar-refractivity contribution is 6.32. The van der Waals surface area contributed by atoms with Crippen LogP contribution in [0.25, 0.3) is 0 Å². The van der Waals surface area contributed by atoms with Gasteiger partial charge in [0.1, 0.15) is 11.5 Å². The van der Waals surface area contributed by atoms with Crippen molar-refractivity contribution >= 4 is 11.6 Å². The van der Waals surface area contributed by atoms with E-state index >= 15 is 0 Å². The number of rotatable bonds is 5. The van der Waals surface area contributed by atoms with Crippen molar-refractivity contribution in [1.82, 2.24) is 5.32 Å². The summed E-state index contributed by atoms with van der Waals surface area (Å²) >= 11 is 6.44. The van der Waals surface area contributed by atoms with E-state index in [9.17, 15) is 0 Å². The molecule has 0 spiro atoms. The van der Waals surface area contributed by atoms with Crippen molar-refractivity contribution in [2.24, 2.45) is 0 Å². The predicted octanol–water partition coefficient (Wildman–Crippen LogP) is 4.64. The number of hydrogen-bond acceptors (Lipinski definition) is 2. The lowest BCUT2D eigenvalue weighted by molar-refractivity contribution is 0.430. The number of halogens is 1. The maximum atomic E-state index is 6.44. The molecule has 1 heterocycles. The first-order chi connectivity index (χ1) is 9.13. The number of nitrogens with one attached hydrogen (secondary N) is 1. The molecular weight excluding hydrogens is 258 g/mol. The van der Waals surface area contributed by atoms with Gasteiger partial charge in [0.25, 0.3) is 0 Å². The summed E-state index contributed by atoms with van der Waals surface area (Å²) in [5.74, 6) is 1.83. The van der Waals surface area contributed by atoms with Crippen molar-refractivity contribution in [3.05, 3.63) is 58.0 Å². The van der Waals surface area contributed by atoms with Gasteiger partial charge in [0.15, 0.2) is 0 Å². The molecule has 2 aromatic rings. The largest absolute Gasteiger partial charge is 0.464 e. The Morgan fingerprint density at radius 2 is 2.00 bits per heavy atom. The number of furan rings is 1. The van der Waals surface area contributed by atoms with Gasteiger partial charge < -0.3 is 9.73 Å². The minimum atomic E-state index is 0.0149. The Balaban J connectivity index is 2.39. The molecule has 0 amide bonds. The summed E-state index contributed by atoms with van der Waals surface area (Å²) < 4.78 is 5.77. The molecule has 2 nitrogen and oxygen atoms in total. The van der Waals surface area contributed by atoms with Crippen LogP contribution in [0.5, 0.6) is 0 Å². The van der Waals surface area contributed by atoms with Gasteiger partial charge in [-0.05, 0) is 50.1 Å². The van der Waals surface area contributed by atoms with E-state index in [-0.39, 0.29) is 6.04 Å². The van der Waals surface area contributed by atoms with E-state index in [4.69, 9.17) is 16.0 Å². The van der Waals surface area contributed by atoms with E-state index in [1.807, 2.05) is 38.1 Å². The van der Waals surface area contributed by atoms with Gasteiger partial charge in [-0.3, -0.25) is 0 Å². The molecule has 1 aromatic carbocycles. The molecule has 1 unspecified atom stereocenters.